The SMILES string of the molecule is COc1cccc(CNC(=O)c2nc3nc(-c4ccc(F)cc4)cc(C(F)(F)F)n3n2)c1. The molecule has 0 atom stereocenters. The van der Waals surface area contributed by atoms with Crippen LogP contribution in [0.2, 0.25) is 0 Å². The summed E-state index contributed by atoms with van der Waals surface area (Å²) in [5.74, 6) is -1.60. The molecule has 0 spiro atoms. The molecule has 4 aromatic rings. The molecule has 0 unspecified atom stereocenters. The summed E-state index contributed by atoms with van der Waals surface area (Å²) < 4.78 is 59.7. The summed E-state index contributed by atoms with van der Waals surface area (Å²) in [7, 11) is 1.50. The van der Waals surface area contributed by atoms with Gasteiger partial charge in [-0.1, -0.05) is 12.1 Å². The third-order valence-corrected chi connectivity index (χ3v) is 4.53. The molecule has 164 valence electrons. The molecule has 2 heterocycles. The van der Waals surface area contributed by atoms with Crippen LogP contribution in [-0.4, -0.2) is 32.6 Å². The largest absolute Gasteiger partial charge is 0.497 e. The zero-order valence-electron chi connectivity index (χ0n) is 16.5. The summed E-state index contributed by atoms with van der Waals surface area (Å²) in [4.78, 5) is 20.4. The normalized spacial score (nSPS) is 11.5. The number of halogens is 4. The second kappa shape index (κ2) is 8.25. The van der Waals surface area contributed by atoms with Crippen LogP contribution < -0.4 is 10.1 Å². The van der Waals surface area contributed by atoms with Crippen LogP contribution in [0.4, 0.5) is 17.6 Å². The summed E-state index contributed by atoms with van der Waals surface area (Å²) in [5, 5.41) is 6.26. The van der Waals surface area contributed by atoms with Crippen molar-refractivity contribution < 1.29 is 27.1 Å². The number of carbonyl (C=O) groups excluding carboxylic acids is 1. The maximum absolute atomic E-state index is 13.6. The van der Waals surface area contributed by atoms with Gasteiger partial charge in [0.05, 0.1) is 12.8 Å². The molecule has 0 radical (unpaired) electrons. The lowest BCUT2D eigenvalue weighted by Gasteiger charge is -2.10. The molecule has 2 aromatic heterocycles. The van der Waals surface area contributed by atoms with Crippen LogP contribution in [0.15, 0.2) is 54.6 Å². The lowest BCUT2D eigenvalue weighted by atomic mass is 10.1. The number of carbonyl (C=O) groups is 1. The van der Waals surface area contributed by atoms with Crippen molar-refractivity contribution in [3.8, 4) is 17.0 Å². The number of rotatable bonds is 5. The molecular formula is C21H15F4N5O2. The van der Waals surface area contributed by atoms with Gasteiger partial charge in [-0.2, -0.15) is 22.7 Å². The molecule has 0 saturated heterocycles. The van der Waals surface area contributed by atoms with Gasteiger partial charge in [-0.25, -0.2) is 9.37 Å². The number of fused-ring (bicyclic) bond motifs is 1. The van der Waals surface area contributed by atoms with Gasteiger partial charge in [0.25, 0.3) is 11.7 Å². The molecule has 11 heteroatoms. The van der Waals surface area contributed by atoms with E-state index < -0.39 is 35.2 Å². The number of hydrogen-bond donors (Lipinski definition) is 1. The predicted octanol–water partition coefficient (Wildman–Crippen LogP) is 3.89. The quantitative estimate of drug-likeness (QED) is 0.472. The minimum absolute atomic E-state index is 0.0828. The van der Waals surface area contributed by atoms with E-state index in [-0.39, 0.29) is 17.8 Å². The Morgan fingerprint density at radius 2 is 1.84 bits per heavy atom. The molecule has 0 aliphatic carbocycles. The highest BCUT2D eigenvalue weighted by Gasteiger charge is 2.36. The van der Waals surface area contributed by atoms with Gasteiger partial charge in [-0.15, -0.1) is 5.10 Å². The number of alkyl halides is 3. The Balaban J connectivity index is 1.67. The third-order valence-electron chi connectivity index (χ3n) is 4.53. The van der Waals surface area contributed by atoms with Crippen LogP contribution in [0, 0.1) is 5.82 Å². The van der Waals surface area contributed by atoms with Gasteiger partial charge >= 0.3 is 6.18 Å². The topological polar surface area (TPSA) is 81.4 Å². The fourth-order valence-electron chi connectivity index (χ4n) is 2.98. The summed E-state index contributed by atoms with van der Waals surface area (Å²) in [6.07, 6.45) is -4.79. The second-order valence-corrected chi connectivity index (χ2v) is 6.71. The van der Waals surface area contributed by atoms with E-state index in [0.29, 0.717) is 15.8 Å². The maximum atomic E-state index is 13.6. The number of benzene rings is 2. The number of aromatic nitrogens is 4. The zero-order valence-corrected chi connectivity index (χ0v) is 16.5. The molecule has 1 N–H and O–H groups in total. The molecule has 2 aromatic carbocycles. The fourth-order valence-corrected chi connectivity index (χ4v) is 2.98. The second-order valence-electron chi connectivity index (χ2n) is 6.71. The van der Waals surface area contributed by atoms with E-state index in [0.717, 1.165) is 18.2 Å². The average Bonchev–Trinajstić information content (AvgIpc) is 3.21. The van der Waals surface area contributed by atoms with E-state index in [4.69, 9.17) is 4.74 Å². The Kier molecular flexibility index (Phi) is 5.47. The molecule has 0 fully saturated rings. The Bertz CT molecular complexity index is 1290. The molecule has 32 heavy (non-hydrogen) atoms. The van der Waals surface area contributed by atoms with Crippen molar-refractivity contribution in [3.63, 3.8) is 0 Å². The van der Waals surface area contributed by atoms with Crippen LogP contribution in [0.5, 0.6) is 5.75 Å². The first kappa shape index (κ1) is 21.2. The highest BCUT2D eigenvalue weighted by atomic mass is 19.4. The number of nitrogens with zero attached hydrogens (tertiary/aromatic N) is 4. The zero-order chi connectivity index (χ0) is 22.9. The molecule has 0 aliphatic heterocycles. The van der Waals surface area contributed by atoms with Crippen LogP contribution in [-0.2, 0) is 12.7 Å². The molecule has 0 aliphatic rings. The molecule has 1 amide bonds. The van der Waals surface area contributed by atoms with Crippen molar-refractivity contribution >= 4 is 11.7 Å². The van der Waals surface area contributed by atoms with Gasteiger partial charge in [0.15, 0.2) is 5.69 Å². The summed E-state index contributed by atoms with van der Waals surface area (Å²) >= 11 is 0. The first-order valence-electron chi connectivity index (χ1n) is 9.26. The third kappa shape index (κ3) is 4.36. The standard InChI is InChI=1S/C21H15F4N5O2/c1-32-15-4-2-3-12(9-15)11-26-19(31)18-28-20-27-16(13-5-7-14(22)8-6-13)10-17(21(23,24)25)30(20)29-18/h2-10H,11H2,1H3,(H,26,31). The number of hydrogen-bond acceptors (Lipinski definition) is 5. The van der Waals surface area contributed by atoms with E-state index in [2.05, 4.69) is 20.4 Å². The van der Waals surface area contributed by atoms with Gasteiger partial charge in [-0.3, -0.25) is 4.79 Å². The highest BCUT2D eigenvalue weighted by molar-refractivity contribution is 5.90. The lowest BCUT2D eigenvalue weighted by molar-refractivity contribution is -0.142. The lowest BCUT2D eigenvalue weighted by Crippen LogP contribution is -2.24. The first-order chi connectivity index (χ1) is 15.2. The number of amides is 1. The molecule has 0 bridgehead atoms. The summed E-state index contributed by atoms with van der Waals surface area (Å²) in [5.41, 5.74) is -0.276. The van der Waals surface area contributed by atoms with E-state index in [1.54, 1.807) is 24.3 Å². The first-order valence-corrected chi connectivity index (χ1v) is 9.26. The van der Waals surface area contributed by atoms with E-state index in [9.17, 15) is 22.4 Å². The van der Waals surface area contributed by atoms with Crippen molar-refractivity contribution in [2.45, 2.75) is 12.7 Å². The van der Waals surface area contributed by atoms with E-state index >= 15 is 0 Å². The smallest absolute Gasteiger partial charge is 0.433 e. The molecular weight excluding hydrogens is 430 g/mol. The average molecular weight is 445 g/mol. The maximum Gasteiger partial charge on any atom is 0.433 e. The number of methoxy groups -OCH3 is 1. The molecule has 7 nitrogen and oxygen atoms in total. The van der Waals surface area contributed by atoms with Crippen LogP contribution in [0.25, 0.3) is 17.0 Å². The van der Waals surface area contributed by atoms with Crippen molar-refractivity contribution in [2.24, 2.45) is 0 Å². The van der Waals surface area contributed by atoms with E-state index in [1.807, 2.05) is 0 Å². The number of ether oxygens (including phenoxy) is 1. The fraction of sp³-hybridized carbons (Fsp3) is 0.143. The summed E-state index contributed by atoms with van der Waals surface area (Å²) in [6, 6.07) is 12.5. The minimum atomic E-state index is -4.79. The minimum Gasteiger partial charge on any atom is -0.497 e. The van der Waals surface area contributed by atoms with Crippen molar-refractivity contribution in [1.82, 2.24) is 24.9 Å². The van der Waals surface area contributed by atoms with Crippen molar-refractivity contribution in [3.05, 3.63) is 77.5 Å². The van der Waals surface area contributed by atoms with Gasteiger partial charge in [0.2, 0.25) is 5.82 Å². The Labute approximate surface area is 178 Å². The molecule has 0 saturated carbocycles. The van der Waals surface area contributed by atoms with Crippen molar-refractivity contribution in [2.75, 3.05) is 7.11 Å². The molecule has 4 rings (SSSR count). The van der Waals surface area contributed by atoms with Gasteiger partial charge in [0.1, 0.15) is 11.6 Å². The summed E-state index contributed by atoms with van der Waals surface area (Å²) in [6.45, 7) is 0.0893. The van der Waals surface area contributed by atoms with Gasteiger partial charge in [-0.05, 0) is 48.0 Å². The highest BCUT2D eigenvalue weighted by Crippen LogP contribution is 2.32. The van der Waals surface area contributed by atoms with Crippen LogP contribution in [0.1, 0.15) is 21.9 Å². The van der Waals surface area contributed by atoms with E-state index in [1.165, 1.54) is 19.2 Å². The predicted molar refractivity (Wildman–Crippen MR) is 105 cm³/mol. The van der Waals surface area contributed by atoms with Crippen molar-refractivity contribution in [1.29, 1.82) is 0 Å². The Morgan fingerprint density at radius 3 is 2.53 bits per heavy atom. The Morgan fingerprint density at radius 1 is 1.09 bits per heavy atom. The van der Waals surface area contributed by atoms with Gasteiger partial charge in [0, 0.05) is 12.1 Å². The van der Waals surface area contributed by atoms with Crippen LogP contribution in [0.3, 0.4) is 0 Å². The van der Waals surface area contributed by atoms with Gasteiger partial charge < -0.3 is 10.1 Å². The number of nitrogens with one attached hydrogen (secondary N) is 1. The Hall–Kier alpha value is -4.02. The monoisotopic (exact) mass is 445 g/mol. The van der Waals surface area contributed by atoms with Crippen LogP contribution >= 0.6 is 0 Å².